The molecule has 2 heterocycles. The molecule has 2 aromatic rings. The molecule has 6 nitrogen and oxygen atoms in total. The molecule has 0 radical (unpaired) electrons. The molecule has 0 aromatic carbocycles. The highest BCUT2D eigenvalue weighted by Gasteiger charge is 2.22. The van der Waals surface area contributed by atoms with E-state index in [0.29, 0.717) is 34.9 Å². The van der Waals surface area contributed by atoms with E-state index < -0.39 is 0 Å². The Morgan fingerprint density at radius 3 is 2.90 bits per heavy atom. The summed E-state index contributed by atoms with van der Waals surface area (Å²) < 4.78 is 5.52. The number of imidazole rings is 1. The zero-order valence-electron chi connectivity index (χ0n) is 11.5. The Morgan fingerprint density at radius 1 is 1.48 bits per heavy atom. The summed E-state index contributed by atoms with van der Waals surface area (Å²) in [5, 5.41) is 2.97. The third-order valence-corrected chi connectivity index (χ3v) is 3.43. The molecule has 1 aliphatic rings. The number of nitrogens with one attached hydrogen (secondary N) is 2. The predicted molar refractivity (Wildman–Crippen MR) is 78.7 cm³/mol. The lowest BCUT2D eigenvalue weighted by Crippen LogP contribution is -2.13. The number of aromatic amines is 1. The number of H-pyrrole nitrogens is 1. The lowest BCUT2D eigenvalue weighted by molar-refractivity contribution is 0.102. The Morgan fingerprint density at radius 2 is 2.29 bits per heavy atom. The van der Waals surface area contributed by atoms with Gasteiger partial charge in [0.1, 0.15) is 5.02 Å². The van der Waals surface area contributed by atoms with Gasteiger partial charge in [0, 0.05) is 18.1 Å². The minimum Gasteiger partial charge on any atom is -0.476 e. The molecule has 110 valence electrons. The summed E-state index contributed by atoms with van der Waals surface area (Å²) in [6.45, 7) is 2.48. The number of hydrogen-bond donors (Lipinski definition) is 2. The number of pyridine rings is 1. The fourth-order valence-electron chi connectivity index (χ4n) is 1.79. The van der Waals surface area contributed by atoms with Crippen molar-refractivity contribution in [3.05, 3.63) is 34.7 Å². The van der Waals surface area contributed by atoms with Crippen LogP contribution in [0.1, 0.15) is 28.9 Å². The largest absolute Gasteiger partial charge is 0.476 e. The number of anilines is 1. The summed E-state index contributed by atoms with van der Waals surface area (Å²) in [6.07, 6.45) is 5.47. The van der Waals surface area contributed by atoms with Crippen LogP contribution in [0, 0.1) is 12.8 Å². The van der Waals surface area contributed by atoms with E-state index in [1.165, 1.54) is 19.0 Å². The SMILES string of the molecule is Cc1cnc(NC(=O)c2cnc(OCC3CC3)c(Cl)c2)[nH]1. The molecule has 0 unspecified atom stereocenters. The Hall–Kier alpha value is -2.08. The molecule has 0 saturated heterocycles. The molecule has 1 saturated carbocycles. The van der Waals surface area contributed by atoms with Crippen molar-refractivity contribution in [1.29, 1.82) is 0 Å². The first kappa shape index (κ1) is 13.9. The van der Waals surface area contributed by atoms with Crippen molar-refractivity contribution in [3.63, 3.8) is 0 Å². The van der Waals surface area contributed by atoms with E-state index in [9.17, 15) is 4.79 Å². The Balaban J connectivity index is 1.66. The summed E-state index contributed by atoms with van der Waals surface area (Å²) in [5.74, 6) is 1.05. The van der Waals surface area contributed by atoms with E-state index in [1.807, 2.05) is 6.92 Å². The van der Waals surface area contributed by atoms with Gasteiger partial charge in [-0.1, -0.05) is 11.6 Å². The van der Waals surface area contributed by atoms with Crippen LogP contribution in [0.25, 0.3) is 0 Å². The number of nitrogens with zero attached hydrogens (tertiary/aromatic N) is 2. The Bertz CT molecular complexity index is 667. The van der Waals surface area contributed by atoms with Crippen LogP contribution in [0.5, 0.6) is 5.88 Å². The highest BCUT2D eigenvalue weighted by Crippen LogP contribution is 2.31. The lowest BCUT2D eigenvalue weighted by atomic mass is 10.2. The van der Waals surface area contributed by atoms with Gasteiger partial charge in [0.15, 0.2) is 0 Å². The number of carbonyl (C=O) groups is 1. The quantitative estimate of drug-likeness (QED) is 0.890. The average molecular weight is 307 g/mol. The molecule has 1 amide bonds. The second kappa shape index (κ2) is 5.73. The van der Waals surface area contributed by atoms with Crippen LogP contribution in [-0.4, -0.2) is 27.5 Å². The van der Waals surface area contributed by atoms with Crippen LogP contribution in [0.3, 0.4) is 0 Å². The molecule has 0 spiro atoms. The number of rotatable bonds is 5. The smallest absolute Gasteiger partial charge is 0.259 e. The highest BCUT2D eigenvalue weighted by molar-refractivity contribution is 6.32. The first-order valence-electron chi connectivity index (χ1n) is 6.73. The molecule has 0 bridgehead atoms. The number of halogens is 1. The molecule has 3 rings (SSSR count). The zero-order valence-corrected chi connectivity index (χ0v) is 12.3. The van der Waals surface area contributed by atoms with Gasteiger partial charge in [-0.3, -0.25) is 10.1 Å². The van der Waals surface area contributed by atoms with E-state index in [-0.39, 0.29) is 5.91 Å². The number of ether oxygens (including phenoxy) is 1. The van der Waals surface area contributed by atoms with Gasteiger partial charge < -0.3 is 9.72 Å². The minimum atomic E-state index is -0.326. The summed E-state index contributed by atoms with van der Waals surface area (Å²) in [6, 6.07) is 1.54. The van der Waals surface area contributed by atoms with Gasteiger partial charge in [-0.05, 0) is 31.7 Å². The molecule has 21 heavy (non-hydrogen) atoms. The second-order valence-corrected chi connectivity index (χ2v) is 5.54. The summed E-state index contributed by atoms with van der Waals surface area (Å²) in [4.78, 5) is 23.1. The van der Waals surface area contributed by atoms with Gasteiger partial charge in [-0.2, -0.15) is 0 Å². The predicted octanol–water partition coefficient (Wildman–Crippen LogP) is 2.81. The average Bonchev–Trinajstić information content (AvgIpc) is 3.20. The van der Waals surface area contributed by atoms with Crippen LogP contribution >= 0.6 is 11.6 Å². The first-order chi connectivity index (χ1) is 10.1. The van der Waals surface area contributed by atoms with Crippen molar-refractivity contribution in [2.75, 3.05) is 11.9 Å². The second-order valence-electron chi connectivity index (χ2n) is 5.13. The molecule has 1 aliphatic carbocycles. The van der Waals surface area contributed by atoms with E-state index in [4.69, 9.17) is 16.3 Å². The molecule has 0 aliphatic heterocycles. The fourth-order valence-corrected chi connectivity index (χ4v) is 2.01. The van der Waals surface area contributed by atoms with Crippen LogP contribution < -0.4 is 10.1 Å². The van der Waals surface area contributed by atoms with Crippen molar-refractivity contribution in [2.24, 2.45) is 5.92 Å². The molecular weight excluding hydrogens is 292 g/mol. The van der Waals surface area contributed by atoms with Gasteiger partial charge in [-0.15, -0.1) is 0 Å². The summed E-state index contributed by atoms with van der Waals surface area (Å²) in [5.41, 5.74) is 1.22. The molecule has 7 heteroatoms. The number of amides is 1. The van der Waals surface area contributed by atoms with Gasteiger partial charge in [0.05, 0.1) is 12.2 Å². The molecule has 1 fully saturated rings. The van der Waals surface area contributed by atoms with Crippen LogP contribution in [0.2, 0.25) is 5.02 Å². The fraction of sp³-hybridized carbons (Fsp3) is 0.357. The monoisotopic (exact) mass is 306 g/mol. The third kappa shape index (κ3) is 3.52. The molecule has 2 N–H and O–H groups in total. The van der Waals surface area contributed by atoms with E-state index in [2.05, 4.69) is 20.3 Å². The number of aryl methyl sites for hydroxylation is 1. The number of hydrogen-bond acceptors (Lipinski definition) is 4. The van der Waals surface area contributed by atoms with Crippen LogP contribution in [0.4, 0.5) is 5.95 Å². The summed E-state index contributed by atoms with van der Waals surface area (Å²) in [7, 11) is 0. The van der Waals surface area contributed by atoms with E-state index >= 15 is 0 Å². The molecule has 2 aromatic heterocycles. The van der Waals surface area contributed by atoms with Gasteiger partial charge in [0.25, 0.3) is 5.91 Å². The molecular formula is C14H15ClN4O2. The van der Waals surface area contributed by atoms with E-state index in [1.54, 1.807) is 12.3 Å². The van der Waals surface area contributed by atoms with Crippen molar-refractivity contribution in [2.45, 2.75) is 19.8 Å². The van der Waals surface area contributed by atoms with Crippen molar-refractivity contribution < 1.29 is 9.53 Å². The van der Waals surface area contributed by atoms with Crippen LogP contribution in [0.15, 0.2) is 18.5 Å². The standard InChI is InChI=1S/C14H15ClN4O2/c1-8-5-17-14(18-8)19-12(20)10-4-11(15)13(16-6-10)21-7-9-2-3-9/h4-6,9H,2-3,7H2,1H3,(H2,17,18,19,20). The van der Waals surface area contributed by atoms with E-state index in [0.717, 1.165) is 5.69 Å². The highest BCUT2D eigenvalue weighted by atomic mass is 35.5. The normalized spacial score (nSPS) is 14.0. The van der Waals surface area contributed by atoms with Gasteiger partial charge in [-0.25, -0.2) is 9.97 Å². The maximum absolute atomic E-state index is 12.1. The van der Waals surface area contributed by atoms with Crippen LogP contribution in [-0.2, 0) is 0 Å². The minimum absolute atomic E-state index is 0.326. The lowest BCUT2D eigenvalue weighted by Gasteiger charge is -2.07. The van der Waals surface area contributed by atoms with Crippen molar-refractivity contribution in [3.8, 4) is 5.88 Å². The Labute approximate surface area is 126 Å². The topological polar surface area (TPSA) is 79.9 Å². The molecule has 0 atom stereocenters. The maximum Gasteiger partial charge on any atom is 0.259 e. The zero-order chi connectivity index (χ0) is 14.8. The van der Waals surface area contributed by atoms with Gasteiger partial charge in [0.2, 0.25) is 11.8 Å². The summed E-state index contributed by atoms with van der Waals surface area (Å²) >= 11 is 6.09. The first-order valence-corrected chi connectivity index (χ1v) is 7.11. The maximum atomic E-state index is 12.1. The number of carbonyl (C=O) groups excluding carboxylic acids is 1. The number of aromatic nitrogens is 3. The van der Waals surface area contributed by atoms with Gasteiger partial charge >= 0.3 is 0 Å². The van der Waals surface area contributed by atoms with Crippen molar-refractivity contribution >= 4 is 23.5 Å². The third-order valence-electron chi connectivity index (χ3n) is 3.16. The van der Waals surface area contributed by atoms with Crippen molar-refractivity contribution in [1.82, 2.24) is 15.0 Å². The Kier molecular flexibility index (Phi) is 3.79.